The Morgan fingerprint density at radius 2 is 1.38 bits per heavy atom. The number of nitrogens with two attached hydrogens (primary N) is 2. The van der Waals surface area contributed by atoms with Crippen molar-refractivity contribution in [2.45, 2.75) is 31.6 Å². The van der Waals surface area contributed by atoms with Gasteiger partial charge in [0, 0.05) is 11.0 Å². The Balaban J connectivity index is 0.000000403. The zero-order chi connectivity index (χ0) is 35.2. The van der Waals surface area contributed by atoms with Crippen LogP contribution in [0.1, 0.15) is 34.3 Å². The highest BCUT2D eigenvalue weighted by atomic mass is 32.2. The number of hydrogen-bond acceptors (Lipinski definition) is 15. The summed E-state index contributed by atoms with van der Waals surface area (Å²) in [4.78, 5) is 11.9. The van der Waals surface area contributed by atoms with Crippen LogP contribution in [0, 0.1) is 13.8 Å². The first-order valence-corrected chi connectivity index (χ1v) is 17.3. The highest BCUT2D eigenvalue weighted by Crippen LogP contribution is 2.33. The van der Waals surface area contributed by atoms with Crippen molar-refractivity contribution in [3.63, 3.8) is 0 Å². The van der Waals surface area contributed by atoms with Crippen molar-refractivity contribution in [1.29, 1.82) is 0 Å². The first-order valence-electron chi connectivity index (χ1n) is 13.3. The van der Waals surface area contributed by atoms with Crippen LogP contribution in [0.15, 0.2) is 63.7 Å². The second-order valence-electron chi connectivity index (χ2n) is 9.60. The van der Waals surface area contributed by atoms with Crippen LogP contribution in [0.5, 0.6) is 11.5 Å². The van der Waals surface area contributed by atoms with Gasteiger partial charge in [-0.1, -0.05) is 11.1 Å². The number of anilines is 2. The molecule has 0 atom stereocenters. The topological polar surface area (TPSA) is 280 Å². The lowest BCUT2D eigenvalue weighted by Gasteiger charge is -2.11. The maximum atomic E-state index is 11.5. The third kappa shape index (κ3) is 15.0. The number of nitrogen functional groups attached to an aromatic ring is 2. The fraction of sp³-hybridized carbons (Fsp3) is 0.296. The van der Waals surface area contributed by atoms with Gasteiger partial charge in [-0.2, -0.15) is 21.9 Å². The Hall–Kier alpha value is -4.02. The number of aromatic carboxylic acids is 1. The van der Waals surface area contributed by atoms with Crippen molar-refractivity contribution in [2.75, 3.05) is 36.2 Å². The predicted octanol–water partition coefficient (Wildman–Crippen LogP) is 5.01. The van der Waals surface area contributed by atoms with E-state index in [9.17, 15) is 26.7 Å². The Morgan fingerprint density at radius 1 is 0.809 bits per heavy atom. The maximum absolute atomic E-state index is 11.5. The quantitative estimate of drug-likeness (QED) is 0.0216. The van der Waals surface area contributed by atoms with E-state index in [2.05, 4.69) is 19.6 Å². The van der Waals surface area contributed by atoms with Crippen molar-refractivity contribution in [3.8, 4) is 11.5 Å². The summed E-state index contributed by atoms with van der Waals surface area (Å²) < 4.78 is 74.6. The number of benzene rings is 3. The molecular weight excluding hydrogens is 685 g/mol. The lowest BCUT2D eigenvalue weighted by molar-refractivity contribution is -0.432. The normalized spacial score (nSPS) is 11.6. The van der Waals surface area contributed by atoms with Gasteiger partial charge in [0.2, 0.25) is 0 Å². The molecule has 258 valence electrons. The number of nitrogens with zero attached hydrogens (tertiary/aromatic N) is 2. The van der Waals surface area contributed by atoms with Gasteiger partial charge in [-0.15, -0.1) is 9.45 Å². The number of azo groups is 1. The molecular formula is C27H34N4O13S3. The summed E-state index contributed by atoms with van der Waals surface area (Å²) >= 11 is 0.600. The first-order chi connectivity index (χ1) is 22.0. The number of ether oxygens (including phenoxy) is 2. The lowest BCUT2D eigenvalue weighted by atomic mass is 10.1. The molecule has 3 rings (SSSR count). The van der Waals surface area contributed by atoms with Crippen LogP contribution in [0.2, 0.25) is 0 Å². The van der Waals surface area contributed by atoms with Gasteiger partial charge in [-0.05, 0) is 74.2 Å². The second-order valence-corrected chi connectivity index (χ2v) is 13.5. The predicted molar refractivity (Wildman–Crippen MR) is 172 cm³/mol. The second kappa shape index (κ2) is 18.4. The number of rotatable bonds is 16. The Morgan fingerprint density at radius 3 is 1.94 bits per heavy atom. The molecule has 0 aromatic heterocycles. The van der Waals surface area contributed by atoms with E-state index in [4.69, 9.17) is 35.3 Å². The van der Waals surface area contributed by atoms with E-state index >= 15 is 0 Å². The molecule has 17 nitrogen and oxygen atoms in total. The van der Waals surface area contributed by atoms with Gasteiger partial charge in [0.25, 0.3) is 20.2 Å². The van der Waals surface area contributed by atoms with E-state index in [-0.39, 0.29) is 48.8 Å². The molecule has 0 saturated heterocycles. The fourth-order valence-electron chi connectivity index (χ4n) is 3.57. The van der Waals surface area contributed by atoms with Gasteiger partial charge in [0.15, 0.2) is 0 Å². The van der Waals surface area contributed by atoms with Crippen LogP contribution in [0.25, 0.3) is 0 Å². The van der Waals surface area contributed by atoms with E-state index in [1.54, 1.807) is 25.1 Å². The van der Waals surface area contributed by atoms with E-state index < -0.39 is 32.0 Å². The summed E-state index contributed by atoms with van der Waals surface area (Å²) in [7, 11) is -7.99. The van der Waals surface area contributed by atoms with E-state index in [1.165, 1.54) is 24.3 Å². The zero-order valence-electron chi connectivity index (χ0n) is 25.1. The standard InChI is InChI=1S/C17H19N3O9S2.C10H15NO4S/c1-10-7-13(18)16(27-5-2-6-31(24,25)26)9-15(10)20-19-14-4-3-11(30-29-28-23)8-12(14)17(21)22;1-8-3-4-10(9(11)7-8)15-5-2-6-16(12,13)14/h3-4,7-9,23H,2,5-6,18H2,1H3,(H,21,22)(H,24,25,26);3-4,7H,2,5-6,11H2,1H3,(H,12,13,14). The van der Waals surface area contributed by atoms with Gasteiger partial charge in [-0.3, -0.25) is 9.11 Å². The molecule has 0 heterocycles. The minimum Gasteiger partial charge on any atom is -0.491 e. The molecule has 0 fully saturated rings. The molecule has 0 saturated carbocycles. The molecule has 0 amide bonds. The first kappa shape index (κ1) is 39.2. The van der Waals surface area contributed by atoms with Crippen molar-refractivity contribution < 1.29 is 59.9 Å². The Bertz CT molecular complexity index is 1770. The molecule has 0 radical (unpaired) electrons. The maximum Gasteiger partial charge on any atom is 0.338 e. The molecule has 8 N–H and O–H groups in total. The highest BCUT2D eigenvalue weighted by Gasteiger charge is 2.13. The van der Waals surface area contributed by atoms with Gasteiger partial charge in [0.1, 0.15) is 17.2 Å². The molecule has 0 aliphatic rings. The molecule has 20 heteroatoms. The van der Waals surface area contributed by atoms with Gasteiger partial charge >= 0.3 is 5.97 Å². The average Bonchev–Trinajstić information content (AvgIpc) is 2.97. The number of hydrogen-bond donors (Lipinski definition) is 6. The number of carboxylic acids is 1. The molecule has 3 aromatic carbocycles. The minimum absolute atomic E-state index is 0.00838. The van der Waals surface area contributed by atoms with E-state index in [0.29, 0.717) is 45.3 Å². The summed E-state index contributed by atoms with van der Waals surface area (Å²) in [6.07, 6.45) is 0.284. The molecule has 0 unspecified atom stereocenters. The summed E-state index contributed by atoms with van der Waals surface area (Å²) in [6, 6.07) is 12.6. The van der Waals surface area contributed by atoms with Crippen LogP contribution < -0.4 is 20.9 Å². The van der Waals surface area contributed by atoms with Crippen molar-refractivity contribution in [1.82, 2.24) is 0 Å². The number of carboxylic acid groups (broad SMARTS) is 1. The van der Waals surface area contributed by atoms with Crippen molar-refractivity contribution >= 4 is 61.0 Å². The zero-order valence-corrected chi connectivity index (χ0v) is 27.5. The Kier molecular flexibility index (Phi) is 15.3. The molecule has 3 aromatic rings. The lowest BCUT2D eigenvalue weighted by Crippen LogP contribution is -2.09. The SMILES string of the molecule is Cc1cc(N)c(OCCCS(=O)(=O)O)cc1N=Nc1ccc(SOOO)cc1C(=O)O.Cc1ccc(OCCCS(=O)(=O)O)c(N)c1. The molecule has 0 aliphatic carbocycles. The molecule has 47 heavy (non-hydrogen) atoms. The van der Waals surface area contributed by atoms with Crippen LogP contribution >= 0.6 is 12.0 Å². The molecule has 0 aliphatic heterocycles. The monoisotopic (exact) mass is 718 g/mol. The van der Waals surface area contributed by atoms with Gasteiger partial charge < -0.3 is 26.0 Å². The number of aryl methyl sites for hydroxylation is 2. The third-order valence-corrected chi connectivity index (χ3v) is 7.91. The average molecular weight is 719 g/mol. The molecule has 0 bridgehead atoms. The van der Waals surface area contributed by atoms with E-state index in [1.807, 2.05) is 13.0 Å². The minimum atomic E-state index is -4.08. The number of carbonyl (C=O) groups is 1. The third-order valence-electron chi connectivity index (χ3n) is 5.73. The van der Waals surface area contributed by atoms with Crippen LogP contribution in [0.4, 0.5) is 22.7 Å². The van der Waals surface area contributed by atoms with E-state index in [0.717, 1.165) is 5.56 Å². The van der Waals surface area contributed by atoms with Crippen LogP contribution in [0.3, 0.4) is 0 Å². The van der Waals surface area contributed by atoms with Crippen molar-refractivity contribution in [2.24, 2.45) is 10.2 Å². The summed E-state index contributed by atoms with van der Waals surface area (Å²) in [5.41, 5.74) is 14.3. The smallest absolute Gasteiger partial charge is 0.338 e. The summed E-state index contributed by atoms with van der Waals surface area (Å²) in [5.74, 6) is -1.24. The van der Waals surface area contributed by atoms with Crippen molar-refractivity contribution in [3.05, 3.63) is 65.2 Å². The highest BCUT2D eigenvalue weighted by molar-refractivity contribution is 7.94. The van der Waals surface area contributed by atoms with Crippen LogP contribution in [-0.4, -0.2) is 67.0 Å². The van der Waals surface area contributed by atoms with Gasteiger partial charge in [-0.25, -0.2) is 10.1 Å². The summed E-state index contributed by atoms with van der Waals surface area (Å²) in [6.45, 7) is 3.83. The van der Waals surface area contributed by atoms with Crippen LogP contribution in [-0.2, 0) is 29.6 Å². The fourth-order valence-corrected chi connectivity index (χ4v) is 4.93. The summed E-state index contributed by atoms with van der Waals surface area (Å²) in [5, 5.41) is 29.1. The largest absolute Gasteiger partial charge is 0.491 e. The Labute approximate surface area is 275 Å². The molecule has 0 spiro atoms. The van der Waals surface area contributed by atoms with Gasteiger partial charge in [0.05, 0.1) is 59.4 Å².